The first kappa shape index (κ1) is 17.0. The van der Waals surface area contributed by atoms with Gasteiger partial charge in [-0.25, -0.2) is 0 Å². The summed E-state index contributed by atoms with van der Waals surface area (Å²) in [6.07, 6.45) is 4.32. The minimum atomic E-state index is 0.674. The van der Waals surface area contributed by atoms with Crippen LogP contribution in [0.1, 0.15) is 25.7 Å². The Morgan fingerprint density at radius 1 is 0.783 bits per heavy atom. The summed E-state index contributed by atoms with van der Waals surface area (Å²) in [4.78, 5) is 0. The van der Waals surface area contributed by atoms with Crippen LogP contribution in [0.2, 0.25) is 0 Å². The molecule has 0 aromatic heterocycles. The number of benzene rings is 2. The lowest BCUT2D eigenvalue weighted by Gasteiger charge is -2.11. The molecule has 2 aromatic carbocycles. The van der Waals surface area contributed by atoms with Crippen LogP contribution >= 0.6 is 0 Å². The summed E-state index contributed by atoms with van der Waals surface area (Å²) in [5, 5.41) is 0. The largest absolute Gasteiger partial charge is 0.494 e. The van der Waals surface area contributed by atoms with E-state index in [-0.39, 0.29) is 0 Å². The predicted octanol–water partition coefficient (Wildman–Crippen LogP) is 4.30. The normalized spacial score (nSPS) is 10.3. The minimum absolute atomic E-state index is 0.674. The van der Waals surface area contributed by atoms with Gasteiger partial charge in [0.2, 0.25) is 0 Å². The fraction of sp³-hybridized carbons (Fsp3) is 0.368. The molecular weight excluding hydrogens is 290 g/mol. The zero-order valence-electron chi connectivity index (χ0n) is 13.7. The molecule has 0 amide bonds. The van der Waals surface area contributed by atoms with E-state index >= 15 is 0 Å². The highest BCUT2D eigenvalue weighted by Crippen LogP contribution is 2.29. The number of anilines is 1. The molecule has 0 atom stereocenters. The van der Waals surface area contributed by atoms with Gasteiger partial charge in [0.1, 0.15) is 5.75 Å². The van der Waals surface area contributed by atoms with Crippen molar-refractivity contribution in [1.29, 1.82) is 0 Å². The van der Waals surface area contributed by atoms with Gasteiger partial charge in [-0.1, -0.05) is 18.2 Å². The first-order valence-corrected chi connectivity index (χ1v) is 8.04. The van der Waals surface area contributed by atoms with Gasteiger partial charge in [0.25, 0.3) is 0 Å². The maximum Gasteiger partial charge on any atom is 0.162 e. The van der Waals surface area contributed by atoms with E-state index in [0.29, 0.717) is 18.0 Å². The summed E-state index contributed by atoms with van der Waals surface area (Å²) in [5.41, 5.74) is 6.39. The lowest BCUT2D eigenvalue weighted by Crippen LogP contribution is -2.01. The molecule has 0 aliphatic carbocycles. The summed E-state index contributed by atoms with van der Waals surface area (Å²) in [6, 6.07) is 15.4. The van der Waals surface area contributed by atoms with Crippen LogP contribution in [0.3, 0.4) is 0 Å². The highest BCUT2D eigenvalue weighted by Gasteiger charge is 2.04. The Balaban J connectivity index is 1.54. The number of hydrogen-bond donors (Lipinski definition) is 1. The van der Waals surface area contributed by atoms with Gasteiger partial charge in [0.15, 0.2) is 11.5 Å². The molecule has 0 spiro atoms. The molecule has 4 nitrogen and oxygen atoms in total. The second-order valence-electron chi connectivity index (χ2n) is 5.33. The van der Waals surface area contributed by atoms with Crippen molar-refractivity contribution in [3.8, 4) is 17.2 Å². The number of methoxy groups -OCH3 is 1. The van der Waals surface area contributed by atoms with Crippen molar-refractivity contribution in [2.45, 2.75) is 25.7 Å². The van der Waals surface area contributed by atoms with E-state index in [2.05, 4.69) is 0 Å². The molecule has 0 saturated heterocycles. The topological polar surface area (TPSA) is 53.7 Å². The maximum absolute atomic E-state index is 5.75. The Morgan fingerprint density at radius 2 is 1.48 bits per heavy atom. The van der Waals surface area contributed by atoms with E-state index in [0.717, 1.165) is 43.8 Å². The van der Waals surface area contributed by atoms with Crippen molar-refractivity contribution in [2.24, 2.45) is 0 Å². The first-order chi connectivity index (χ1) is 11.3. The number of hydrogen-bond acceptors (Lipinski definition) is 4. The monoisotopic (exact) mass is 315 g/mol. The van der Waals surface area contributed by atoms with Crippen LogP contribution in [0.4, 0.5) is 5.69 Å². The van der Waals surface area contributed by atoms with Gasteiger partial charge in [-0.3, -0.25) is 0 Å². The highest BCUT2D eigenvalue weighted by atomic mass is 16.5. The van der Waals surface area contributed by atoms with E-state index in [9.17, 15) is 0 Å². The summed E-state index contributed by atoms with van der Waals surface area (Å²) in [7, 11) is 1.62. The van der Waals surface area contributed by atoms with Gasteiger partial charge < -0.3 is 19.9 Å². The van der Waals surface area contributed by atoms with E-state index in [4.69, 9.17) is 19.9 Å². The molecule has 23 heavy (non-hydrogen) atoms. The predicted molar refractivity (Wildman–Crippen MR) is 93.3 cm³/mol. The smallest absolute Gasteiger partial charge is 0.162 e. The molecule has 124 valence electrons. The third-order valence-corrected chi connectivity index (χ3v) is 3.50. The zero-order chi connectivity index (χ0) is 16.3. The number of rotatable bonds is 10. The first-order valence-electron chi connectivity index (χ1n) is 8.04. The lowest BCUT2D eigenvalue weighted by molar-refractivity contribution is 0.277. The molecular formula is C19H25NO3. The third kappa shape index (κ3) is 6.10. The molecule has 0 saturated carbocycles. The number of ether oxygens (including phenoxy) is 3. The van der Waals surface area contributed by atoms with Crippen LogP contribution in [-0.4, -0.2) is 20.3 Å². The average molecular weight is 315 g/mol. The fourth-order valence-electron chi connectivity index (χ4n) is 2.25. The van der Waals surface area contributed by atoms with E-state index in [1.807, 2.05) is 42.5 Å². The van der Waals surface area contributed by atoms with Gasteiger partial charge >= 0.3 is 0 Å². The molecule has 2 aromatic rings. The molecule has 0 radical (unpaired) electrons. The number of para-hydroxylation sites is 1. The zero-order valence-corrected chi connectivity index (χ0v) is 13.7. The number of nitrogens with two attached hydrogens (primary N) is 1. The Bertz CT molecular complexity index is 572. The van der Waals surface area contributed by atoms with Crippen molar-refractivity contribution in [2.75, 3.05) is 26.1 Å². The van der Waals surface area contributed by atoms with E-state index < -0.39 is 0 Å². The lowest BCUT2D eigenvalue weighted by atomic mass is 10.2. The summed E-state index contributed by atoms with van der Waals surface area (Å²) in [5.74, 6) is 2.36. The highest BCUT2D eigenvalue weighted by molar-refractivity contribution is 5.51. The Hall–Kier alpha value is -2.36. The van der Waals surface area contributed by atoms with Gasteiger partial charge in [0, 0.05) is 11.8 Å². The Kier molecular flexibility index (Phi) is 7.11. The van der Waals surface area contributed by atoms with Crippen molar-refractivity contribution in [3.05, 3.63) is 48.5 Å². The molecule has 0 bridgehead atoms. The van der Waals surface area contributed by atoms with Crippen LogP contribution in [0.15, 0.2) is 48.5 Å². The quantitative estimate of drug-likeness (QED) is 0.525. The molecule has 0 aliphatic rings. The average Bonchev–Trinajstić information content (AvgIpc) is 2.59. The van der Waals surface area contributed by atoms with E-state index in [1.165, 1.54) is 0 Å². The van der Waals surface area contributed by atoms with Gasteiger partial charge in [-0.15, -0.1) is 0 Å². The SMILES string of the molecule is COc1cc(N)ccc1OCCCCCCOc1ccccc1. The molecule has 2 N–H and O–H groups in total. The summed E-state index contributed by atoms with van der Waals surface area (Å²) >= 11 is 0. The van der Waals surface area contributed by atoms with Crippen molar-refractivity contribution in [3.63, 3.8) is 0 Å². The maximum atomic E-state index is 5.75. The van der Waals surface area contributed by atoms with Gasteiger partial charge in [0.05, 0.1) is 20.3 Å². The molecule has 4 heteroatoms. The molecule has 0 fully saturated rings. The summed E-state index contributed by atoms with van der Waals surface area (Å²) in [6.45, 7) is 1.44. The molecule has 0 unspecified atom stereocenters. The molecule has 0 heterocycles. The van der Waals surface area contributed by atoms with Gasteiger partial charge in [-0.05, 0) is 49.9 Å². The van der Waals surface area contributed by atoms with Crippen molar-refractivity contribution >= 4 is 5.69 Å². The fourth-order valence-corrected chi connectivity index (χ4v) is 2.25. The molecule has 0 aliphatic heterocycles. The Morgan fingerprint density at radius 3 is 2.17 bits per heavy atom. The molecule has 2 rings (SSSR count). The number of unbranched alkanes of at least 4 members (excludes halogenated alkanes) is 3. The van der Waals surface area contributed by atoms with Crippen molar-refractivity contribution in [1.82, 2.24) is 0 Å². The second-order valence-corrected chi connectivity index (χ2v) is 5.33. The number of nitrogen functional groups attached to an aromatic ring is 1. The van der Waals surface area contributed by atoms with Crippen LogP contribution in [-0.2, 0) is 0 Å². The van der Waals surface area contributed by atoms with Crippen LogP contribution in [0.25, 0.3) is 0 Å². The van der Waals surface area contributed by atoms with Crippen LogP contribution < -0.4 is 19.9 Å². The minimum Gasteiger partial charge on any atom is -0.494 e. The van der Waals surface area contributed by atoms with Crippen molar-refractivity contribution < 1.29 is 14.2 Å². The summed E-state index contributed by atoms with van der Waals surface area (Å²) < 4.78 is 16.7. The van der Waals surface area contributed by atoms with Crippen LogP contribution in [0, 0.1) is 0 Å². The third-order valence-electron chi connectivity index (χ3n) is 3.50. The van der Waals surface area contributed by atoms with E-state index in [1.54, 1.807) is 13.2 Å². The van der Waals surface area contributed by atoms with Crippen LogP contribution in [0.5, 0.6) is 17.2 Å². The second kappa shape index (κ2) is 9.62. The van der Waals surface area contributed by atoms with Gasteiger partial charge in [-0.2, -0.15) is 0 Å². The Labute approximate surface area is 138 Å². The standard InChI is InChI=1S/C19H25NO3/c1-21-19-15-16(20)11-12-18(19)23-14-8-3-2-7-13-22-17-9-5-4-6-10-17/h4-6,9-12,15H,2-3,7-8,13-14,20H2,1H3.